The Labute approximate surface area is 186 Å². The summed E-state index contributed by atoms with van der Waals surface area (Å²) in [6.45, 7) is 4.56. The van der Waals surface area contributed by atoms with Crippen LogP contribution in [-0.2, 0) is 12.0 Å². The van der Waals surface area contributed by atoms with Gasteiger partial charge in [0.15, 0.2) is 5.82 Å². The van der Waals surface area contributed by atoms with E-state index in [0.717, 1.165) is 54.2 Å². The first-order valence-electron chi connectivity index (χ1n) is 11.4. The lowest BCUT2D eigenvalue weighted by Gasteiger charge is -2.27. The lowest BCUT2D eigenvalue weighted by atomic mass is 9.93. The summed E-state index contributed by atoms with van der Waals surface area (Å²) in [6, 6.07) is 7.91. The van der Waals surface area contributed by atoms with Crippen molar-refractivity contribution in [3.63, 3.8) is 0 Å². The number of pyridine rings is 2. The molecule has 8 nitrogen and oxygen atoms in total. The summed E-state index contributed by atoms with van der Waals surface area (Å²) in [5, 5.41) is 8.43. The van der Waals surface area contributed by atoms with Crippen LogP contribution < -0.4 is 10.6 Å². The Hall–Kier alpha value is -3.13. The second kappa shape index (κ2) is 6.93. The Morgan fingerprint density at radius 3 is 2.72 bits per heavy atom. The minimum Gasteiger partial charge on any atom is -0.323 e. The molecule has 0 unspecified atom stereocenters. The number of nitrogens with two attached hydrogens (primary N) is 1. The number of hydrogen-bond donors (Lipinski definition) is 1. The third-order valence-electron chi connectivity index (χ3n) is 7.28. The van der Waals surface area contributed by atoms with Crippen molar-refractivity contribution in [2.75, 3.05) is 4.90 Å². The molecule has 3 aromatic heterocycles. The van der Waals surface area contributed by atoms with Crippen molar-refractivity contribution in [1.82, 2.24) is 24.7 Å². The Balaban J connectivity index is 1.37. The quantitative estimate of drug-likeness (QED) is 0.663. The van der Waals surface area contributed by atoms with Crippen LogP contribution in [0.15, 0.2) is 30.6 Å². The third kappa shape index (κ3) is 2.97. The maximum absolute atomic E-state index is 13.5. The number of carbonyl (C=O) groups excluding carboxylic acids is 1. The van der Waals surface area contributed by atoms with E-state index in [1.807, 2.05) is 31.2 Å². The Kier molecular flexibility index (Phi) is 4.24. The van der Waals surface area contributed by atoms with Crippen molar-refractivity contribution in [2.45, 2.75) is 70.0 Å². The van der Waals surface area contributed by atoms with Gasteiger partial charge < -0.3 is 10.3 Å². The van der Waals surface area contributed by atoms with Crippen molar-refractivity contribution < 1.29 is 4.79 Å². The van der Waals surface area contributed by atoms with Gasteiger partial charge in [0.2, 0.25) is 0 Å². The molecule has 1 atom stereocenters. The van der Waals surface area contributed by atoms with E-state index in [2.05, 4.69) is 21.7 Å². The summed E-state index contributed by atoms with van der Waals surface area (Å²) in [4.78, 5) is 24.9. The molecule has 2 fully saturated rings. The molecule has 0 spiro atoms. The smallest absolute Gasteiger partial charge is 0.260 e. The summed E-state index contributed by atoms with van der Waals surface area (Å²) < 4.78 is 2.11. The summed E-state index contributed by atoms with van der Waals surface area (Å²) >= 11 is 0. The van der Waals surface area contributed by atoms with Gasteiger partial charge in [0.05, 0.1) is 12.2 Å². The highest BCUT2D eigenvalue weighted by atomic mass is 16.2. The fraction of sp³-hybridized carbons (Fsp3) is 0.458. The monoisotopic (exact) mass is 429 g/mol. The van der Waals surface area contributed by atoms with Gasteiger partial charge in [-0.3, -0.25) is 14.7 Å². The second-order valence-corrected chi connectivity index (χ2v) is 9.69. The van der Waals surface area contributed by atoms with Gasteiger partial charge in [-0.05, 0) is 57.2 Å². The van der Waals surface area contributed by atoms with Gasteiger partial charge in [-0.2, -0.15) is 0 Å². The van der Waals surface area contributed by atoms with Crippen LogP contribution in [0.1, 0.15) is 85.3 Å². The molecule has 6 rings (SSSR count). The first kappa shape index (κ1) is 19.5. The van der Waals surface area contributed by atoms with E-state index in [4.69, 9.17) is 15.7 Å². The van der Waals surface area contributed by atoms with E-state index in [-0.39, 0.29) is 17.4 Å². The SMILES string of the molecule is C[C@@H](N)c1nc(C2(C)CC2)cc2c1CN(c1cccc(-c3nncn3C3CCC3)n1)C2=O. The van der Waals surface area contributed by atoms with E-state index >= 15 is 0 Å². The summed E-state index contributed by atoms with van der Waals surface area (Å²) in [6.07, 6.45) is 7.48. The number of carbonyl (C=O) groups is 1. The number of nitrogens with zero attached hydrogens (tertiary/aromatic N) is 6. The minimum absolute atomic E-state index is 0.0418. The normalized spacial score (nSPS) is 20.2. The molecule has 1 amide bonds. The highest BCUT2D eigenvalue weighted by Crippen LogP contribution is 2.48. The van der Waals surface area contributed by atoms with E-state index in [1.165, 1.54) is 6.42 Å². The van der Waals surface area contributed by atoms with Gasteiger partial charge in [-0.15, -0.1) is 10.2 Å². The van der Waals surface area contributed by atoms with Crippen LogP contribution in [0.25, 0.3) is 11.5 Å². The summed E-state index contributed by atoms with van der Waals surface area (Å²) in [7, 11) is 0. The molecule has 3 aromatic rings. The maximum atomic E-state index is 13.5. The molecule has 32 heavy (non-hydrogen) atoms. The lowest BCUT2D eigenvalue weighted by Crippen LogP contribution is -2.24. The highest BCUT2D eigenvalue weighted by Gasteiger charge is 2.43. The number of rotatable bonds is 5. The molecule has 2 N–H and O–H groups in total. The molecule has 2 saturated carbocycles. The summed E-state index contributed by atoms with van der Waals surface area (Å²) in [5.74, 6) is 1.32. The predicted octanol–water partition coefficient (Wildman–Crippen LogP) is 3.69. The average molecular weight is 430 g/mol. The Bertz CT molecular complexity index is 1220. The molecule has 0 aromatic carbocycles. The molecule has 164 valence electrons. The number of fused-ring (bicyclic) bond motifs is 1. The van der Waals surface area contributed by atoms with Gasteiger partial charge in [0.1, 0.15) is 17.8 Å². The van der Waals surface area contributed by atoms with Gasteiger partial charge >= 0.3 is 0 Å². The van der Waals surface area contributed by atoms with Crippen molar-refractivity contribution in [1.29, 1.82) is 0 Å². The Morgan fingerprint density at radius 2 is 2.03 bits per heavy atom. The molecule has 1 aliphatic heterocycles. The van der Waals surface area contributed by atoms with Crippen LogP contribution in [-0.4, -0.2) is 30.6 Å². The fourth-order valence-corrected chi connectivity index (χ4v) is 4.69. The zero-order chi connectivity index (χ0) is 22.0. The molecule has 0 bridgehead atoms. The van der Waals surface area contributed by atoms with Gasteiger partial charge in [0.25, 0.3) is 5.91 Å². The van der Waals surface area contributed by atoms with E-state index in [0.29, 0.717) is 24.0 Å². The maximum Gasteiger partial charge on any atom is 0.260 e. The van der Waals surface area contributed by atoms with Crippen LogP contribution in [0.2, 0.25) is 0 Å². The van der Waals surface area contributed by atoms with Crippen LogP contribution in [0, 0.1) is 0 Å². The topological polar surface area (TPSA) is 103 Å². The number of aromatic nitrogens is 5. The van der Waals surface area contributed by atoms with Crippen LogP contribution in [0.4, 0.5) is 5.82 Å². The van der Waals surface area contributed by atoms with Gasteiger partial charge in [-0.1, -0.05) is 13.0 Å². The molecule has 2 aliphatic carbocycles. The first-order chi connectivity index (χ1) is 15.4. The van der Waals surface area contributed by atoms with E-state index in [9.17, 15) is 4.79 Å². The van der Waals surface area contributed by atoms with Crippen LogP contribution in [0.5, 0.6) is 0 Å². The zero-order valence-electron chi connectivity index (χ0n) is 18.5. The molecule has 0 radical (unpaired) electrons. The molecular weight excluding hydrogens is 402 g/mol. The van der Waals surface area contributed by atoms with Crippen LogP contribution in [0.3, 0.4) is 0 Å². The molecular formula is C24H27N7O. The molecule has 0 saturated heterocycles. The standard InChI is InChI=1S/C24H27N7O/c1-14(25)21-17-12-30(23(32)16(17)11-19(28-21)24(2)9-10-24)20-8-4-7-18(27-20)22-29-26-13-31(22)15-5-3-6-15/h4,7-8,11,13-15H,3,5-6,9-10,12,25H2,1-2H3/t14-/m1/s1. The zero-order valence-corrected chi connectivity index (χ0v) is 18.5. The van der Waals surface area contributed by atoms with Crippen LogP contribution >= 0.6 is 0 Å². The van der Waals surface area contributed by atoms with Gasteiger partial charge in [-0.25, -0.2) is 4.98 Å². The molecule has 8 heteroatoms. The fourth-order valence-electron chi connectivity index (χ4n) is 4.69. The first-order valence-corrected chi connectivity index (χ1v) is 11.4. The number of amides is 1. The minimum atomic E-state index is -0.237. The largest absolute Gasteiger partial charge is 0.323 e. The van der Waals surface area contributed by atoms with E-state index < -0.39 is 0 Å². The molecule has 3 aliphatic rings. The van der Waals surface area contributed by atoms with Crippen molar-refractivity contribution in [2.24, 2.45) is 5.73 Å². The lowest BCUT2D eigenvalue weighted by molar-refractivity contribution is 0.0996. The predicted molar refractivity (Wildman–Crippen MR) is 120 cm³/mol. The van der Waals surface area contributed by atoms with Gasteiger partial charge in [0, 0.05) is 34.3 Å². The third-order valence-corrected chi connectivity index (χ3v) is 7.28. The number of anilines is 1. The van der Waals surface area contributed by atoms with Crippen molar-refractivity contribution >= 4 is 11.7 Å². The Morgan fingerprint density at radius 1 is 1.22 bits per heavy atom. The molecule has 4 heterocycles. The van der Waals surface area contributed by atoms with E-state index in [1.54, 1.807) is 11.2 Å². The highest BCUT2D eigenvalue weighted by molar-refractivity contribution is 6.10. The van der Waals surface area contributed by atoms with Crippen molar-refractivity contribution in [3.05, 3.63) is 53.1 Å². The van der Waals surface area contributed by atoms with Crippen molar-refractivity contribution in [3.8, 4) is 11.5 Å². The second-order valence-electron chi connectivity index (χ2n) is 9.69. The summed E-state index contributed by atoms with van der Waals surface area (Å²) in [5.41, 5.74) is 10.5. The average Bonchev–Trinajstić information content (AvgIpc) is 3.17. The number of hydrogen-bond acceptors (Lipinski definition) is 6.